The highest BCUT2D eigenvalue weighted by atomic mass is 14.9. The van der Waals surface area contributed by atoms with Gasteiger partial charge >= 0.3 is 0 Å². The topological polar surface area (TPSA) is 54.5 Å². The number of benzene rings is 1. The van der Waals surface area contributed by atoms with Crippen molar-refractivity contribution in [2.24, 2.45) is 0 Å². The summed E-state index contributed by atoms with van der Waals surface area (Å²) >= 11 is 0. The minimum atomic E-state index is -0.0257. The Bertz CT molecular complexity index is 904. The summed E-state index contributed by atoms with van der Waals surface area (Å²) in [5.41, 5.74) is 3.83. The van der Waals surface area contributed by atoms with Crippen molar-refractivity contribution < 1.29 is 0 Å². The number of fused-ring (bicyclic) bond motifs is 6. The molecule has 3 aromatic heterocycles. The number of pyridine rings is 2. The van der Waals surface area contributed by atoms with Crippen LogP contribution in [0.2, 0.25) is 0 Å². The molecule has 21 heavy (non-hydrogen) atoms. The van der Waals surface area contributed by atoms with Gasteiger partial charge in [-0.2, -0.15) is 0 Å². The van der Waals surface area contributed by atoms with E-state index in [0.717, 1.165) is 38.7 Å². The Morgan fingerprint density at radius 2 is 1.48 bits per heavy atom. The van der Waals surface area contributed by atoms with Gasteiger partial charge in [0.2, 0.25) is 0 Å². The van der Waals surface area contributed by atoms with Crippen molar-refractivity contribution in [1.82, 2.24) is 19.9 Å². The lowest BCUT2D eigenvalue weighted by Gasteiger charge is -2.13. The molecule has 0 bridgehead atoms. The fraction of sp³-hybridized carbons (Fsp3) is 0.235. The summed E-state index contributed by atoms with van der Waals surface area (Å²) in [6.07, 6.45) is 3.61. The molecule has 0 radical (unpaired) electrons. The van der Waals surface area contributed by atoms with Gasteiger partial charge in [-0.15, -0.1) is 0 Å². The minimum absolute atomic E-state index is 0.0257. The van der Waals surface area contributed by atoms with Crippen molar-refractivity contribution in [3.05, 3.63) is 42.5 Å². The third-order valence-electron chi connectivity index (χ3n) is 3.78. The lowest BCUT2D eigenvalue weighted by atomic mass is 9.96. The second-order valence-corrected chi connectivity index (χ2v) is 6.36. The van der Waals surface area contributed by atoms with Gasteiger partial charge in [-0.05, 0) is 24.3 Å². The average molecular weight is 276 g/mol. The molecule has 0 unspecified atom stereocenters. The molecule has 0 aliphatic carbocycles. The van der Waals surface area contributed by atoms with E-state index in [1.807, 2.05) is 18.3 Å². The zero-order chi connectivity index (χ0) is 14.6. The van der Waals surface area contributed by atoms with Crippen LogP contribution in [0.1, 0.15) is 26.6 Å². The van der Waals surface area contributed by atoms with Crippen LogP contribution in [0, 0.1) is 0 Å². The quantitative estimate of drug-likeness (QED) is 0.495. The first-order chi connectivity index (χ1) is 10.1. The molecule has 104 valence electrons. The van der Waals surface area contributed by atoms with E-state index in [9.17, 15) is 0 Å². The molecule has 0 fully saturated rings. The molecule has 0 saturated carbocycles. The number of aromatic nitrogens is 4. The molecule has 0 spiro atoms. The maximum atomic E-state index is 4.84. The second kappa shape index (κ2) is 4.01. The lowest BCUT2D eigenvalue weighted by molar-refractivity contribution is 0.554. The Hall–Kier alpha value is -2.49. The predicted octanol–water partition coefficient (Wildman–Crippen LogP) is 3.96. The van der Waals surface area contributed by atoms with Crippen LogP contribution >= 0.6 is 0 Å². The van der Waals surface area contributed by atoms with Crippen molar-refractivity contribution in [2.75, 3.05) is 0 Å². The summed E-state index contributed by atoms with van der Waals surface area (Å²) in [6, 6.07) is 8.03. The van der Waals surface area contributed by atoms with Gasteiger partial charge in [0.1, 0.15) is 5.82 Å². The highest BCUT2D eigenvalue weighted by Crippen LogP contribution is 2.33. The van der Waals surface area contributed by atoms with Gasteiger partial charge in [0, 0.05) is 28.6 Å². The summed E-state index contributed by atoms with van der Waals surface area (Å²) in [5, 5.41) is 2.12. The van der Waals surface area contributed by atoms with Gasteiger partial charge in [0.05, 0.1) is 22.1 Å². The molecule has 4 rings (SSSR count). The Balaban J connectivity index is 2.29. The Morgan fingerprint density at radius 3 is 2.14 bits per heavy atom. The first-order valence-electron chi connectivity index (χ1n) is 7.07. The number of imidazole rings is 1. The van der Waals surface area contributed by atoms with E-state index in [4.69, 9.17) is 4.98 Å². The van der Waals surface area contributed by atoms with Crippen molar-refractivity contribution in [3.8, 4) is 0 Å². The van der Waals surface area contributed by atoms with Crippen LogP contribution in [0.25, 0.3) is 32.8 Å². The largest absolute Gasteiger partial charge is 0.341 e. The first-order valence-corrected chi connectivity index (χ1v) is 7.07. The Morgan fingerprint density at radius 1 is 0.857 bits per heavy atom. The average Bonchev–Trinajstić information content (AvgIpc) is 2.93. The summed E-state index contributed by atoms with van der Waals surface area (Å²) in [5.74, 6) is 0.985. The number of nitrogens with one attached hydrogen (secondary N) is 1. The summed E-state index contributed by atoms with van der Waals surface area (Å²) in [6.45, 7) is 6.47. The molecule has 0 atom stereocenters. The van der Waals surface area contributed by atoms with Crippen molar-refractivity contribution >= 4 is 32.8 Å². The molecule has 1 N–H and O–H groups in total. The van der Waals surface area contributed by atoms with E-state index >= 15 is 0 Å². The van der Waals surface area contributed by atoms with Crippen LogP contribution in [-0.4, -0.2) is 19.9 Å². The maximum Gasteiger partial charge on any atom is 0.112 e. The van der Waals surface area contributed by atoms with E-state index in [1.165, 1.54) is 0 Å². The normalized spacial score (nSPS) is 12.5. The van der Waals surface area contributed by atoms with E-state index in [1.54, 1.807) is 6.20 Å². The second-order valence-electron chi connectivity index (χ2n) is 6.36. The predicted molar refractivity (Wildman–Crippen MR) is 85.4 cm³/mol. The zero-order valence-corrected chi connectivity index (χ0v) is 12.3. The smallest absolute Gasteiger partial charge is 0.112 e. The standard InChI is InChI=1S/C17H16N4/c1-17(2,3)16-20-14-10-6-4-8-18-12(10)13-11(15(14)21-16)7-5-9-19-13/h4-9H,1-3H3,(H,20,21). The molecule has 4 aromatic rings. The van der Waals surface area contributed by atoms with E-state index in [-0.39, 0.29) is 5.41 Å². The molecule has 3 heterocycles. The number of rotatable bonds is 0. The molecule has 0 saturated heterocycles. The van der Waals surface area contributed by atoms with Crippen molar-refractivity contribution in [2.45, 2.75) is 26.2 Å². The Kier molecular flexibility index (Phi) is 2.34. The van der Waals surface area contributed by atoms with Crippen molar-refractivity contribution in [1.29, 1.82) is 0 Å². The number of nitrogens with zero attached hydrogens (tertiary/aromatic N) is 3. The summed E-state index contributed by atoms with van der Waals surface area (Å²) in [4.78, 5) is 17.4. The fourth-order valence-electron chi connectivity index (χ4n) is 2.70. The van der Waals surface area contributed by atoms with Crippen LogP contribution < -0.4 is 0 Å². The van der Waals surface area contributed by atoms with Gasteiger partial charge in [0.25, 0.3) is 0 Å². The summed E-state index contributed by atoms with van der Waals surface area (Å²) in [7, 11) is 0. The highest BCUT2D eigenvalue weighted by molar-refractivity contribution is 6.20. The van der Waals surface area contributed by atoms with Crippen molar-refractivity contribution in [3.63, 3.8) is 0 Å². The molecule has 0 aliphatic heterocycles. The first kappa shape index (κ1) is 12.3. The van der Waals surface area contributed by atoms with Gasteiger partial charge in [0.15, 0.2) is 0 Å². The van der Waals surface area contributed by atoms with Gasteiger partial charge in [-0.3, -0.25) is 9.97 Å². The third kappa shape index (κ3) is 1.72. The summed E-state index contributed by atoms with van der Waals surface area (Å²) < 4.78 is 0. The SMILES string of the molecule is CC(C)(C)c1nc2c3cccnc3c3ncccc3c2[nH]1. The van der Waals surface area contributed by atoms with Crippen LogP contribution in [0.4, 0.5) is 0 Å². The lowest BCUT2D eigenvalue weighted by Crippen LogP contribution is -2.12. The Labute approximate surface area is 122 Å². The highest BCUT2D eigenvalue weighted by Gasteiger charge is 2.21. The van der Waals surface area contributed by atoms with Crippen LogP contribution in [0.5, 0.6) is 0 Å². The number of hydrogen-bond donors (Lipinski definition) is 1. The zero-order valence-electron chi connectivity index (χ0n) is 12.3. The molecule has 1 aromatic carbocycles. The molecular weight excluding hydrogens is 260 g/mol. The molecule has 4 nitrogen and oxygen atoms in total. The number of aromatic amines is 1. The van der Waals surface area contributed by atoms with Crippen LogP contribution in [0.3, 0.4) is 0 Å². The molecule has 0 aliphatic rings. The molecule has 4 heteroatoms. The van der Waals surface area contributed by atoms with Crippen LogP contribution in [0.15, 0.2) is 36.7 Å². The number of hydrogen-bond acceptors (Lipinski definition) is 3. The van der Waals surface area contributed by atoms with Gasteiger partial charge in [-0.1, -0.05) is 20.8 Å². The maximum absolute atomic E-state index is 4.84. The third-order valence-corrected chi connectivity index (χ3v) is 3.78. The molecule has 0 amide bonds. The van der Waals surface area contributed by atoms with Crippen LogP contribution in [-0.2, 0) is 5.41 Å². The minimum Gasteiger partial charge on any atom is -0.341 e. The van der Waals surface area contributed by atoms with Gasteiger partial charge < -0.3 is 4.98 Å². The van der Waals surface area contributed by atoms with E-state index in [2.05, 4.69) is 47.9 Å². The van der Waals surface area contributed by atoms with Gasteiger partial charge in [-0.25, -0.2) is 4.98 Å². The monoisotopic (exact) mass is 276 g/mol. The molecular formula is C17H16N4. The number of H-pyrrole nitrogens is 1. The fourth-order valence-corrected chi connectivity index (χ4v) is 2.70. The van der Waals surface area contributed by atoms with E-state index in [0.29, 0.717) is 0 Å². The van der Waals surface area contributed by atoms with E-state index < -0.39 is 0 Å².